The van der Waals surface area contributed by atoms with Crippen molar-refractivity contribution in [2.75, 3.05) is 6.61 Å². The minimum absolute atomic E-state index is 0.124. The first-order valence-corrected chi connectivity index (χ1v) is 4.09. The Labute approximate surface area is 78.4 Å². The quantitative estimate of drug-likeness (QED) is 0.330. The molecule has 4 heteroatoms. The summed E-state index contributed by atoms with van der Waals surface area (Å²) in [6, 6.07) is 0. The van der Waals surface area contributed by atoms with E-state index in [1.807, 2.05) is 22.6 Å². The van der Waals surface area contributed by atoms with Crippen LogP contribution in [0.3, 0.4) is 0 Å². The number of alkyl halides is 1. The first kappa shape index (κ1) is 10.0. The molecule has 0 bridgehead atoms. The van der Waals surface area contributed by atoms with Crippen molar-refractivity contribution in [2.45, 2.75) is 12.3 Å². The van der Waals surface area contributed by atoms with E-state index >= 15 is 0 Å². The Bertz CT molecular complexity index is 168. The zero-order chi connectivity index (χ0) is 7.98. The summed E-state index contributed by atoms with van der Waals surface area (Å²) in [7, 11) is 0. The molecule has 0 aliphatic heterocycles. The number of hydrogen-bond donors (Lipinski definition) is 0. The summed E-state index contributed by atoms with van der Waals surface area (Å²) in [5, 5.41) is -0.587. The van der Waals surface area contributed by atoms with Gasteiger partial charge in [-0.2, -0.15) is 0 Å². The van der Waals surface area contributed by atoms with Crippen molar-refractivity contribution >= 4 is 40.2 Å². The van der Waals surface area contributed by atoms with Crippen LogP contribution in [0.1, 0.15) is 6.92 Å². The standard InChI is InChI=1S/C6H6ClIO2/c1-5(7)6(9)10-4-2-3-8/h5H,4H2,1H3. The summed E-state index contributed by atoms with van der Waals surface area (Å²) >= 11 is 7.25. The van der Waals surface area contributed by atoms with Gasteiger partial charge in [0.05, 0.1) is 0 Å². The fraction of sp³-hybridized carbons (Fsp3) is 0.500. The van der Waals surface area contributed by atoms with Crippen LogP contribution in [0.5, 0.6) is 0 Å². The molecule has 0 saturated heterocycles. The van der Waals surface area contributed by atoms with E-state index in [1.165, 1.54) is 0 Å². The molecule has 0 heterocycles. The van der Waals surface area contributed by atoms with E-state index in [-0.39, 0.29) is 6.61 Å². The summed E-state index contributed by atoms with van der Waals surface area (Å²) < 4.78 is 7.16. The summed E-state index contributed by atoms with van der Waals surface area (Å²) in [6.45, 7) is 1.68. The van der Waals surface area contributed by atoms with E-state index in [4.69, 9.17) is 11.6 Å². The largest absolute Gasteiger partial charge is 0.451 e. The Kier molecular flexibility index (Phi) is 5.84. The van der Waals surface area contributed by atoms with Gasteiger partial charge in [-0.15, -0.1) is 11.6 Å². The minimum atomic E-state index is -0.587. The van der Waals surface area contributed by atoms with Gasteiger partial charge < -0.3 is 4.74 Å². The number of halogens is 2. The van der Waals surface area contributed by atoms with Crippen LogP contribution in [0.25, 0.3) is 0 Å². The number of ether oxygens (including phenoxy) is 1. The molecule has 10 heavy (non-hydrogen) atoms. The van der Waals surface area contributed by atoms with Crippen molar-refractivity contribution in [3.8, 4) is 9.85 Å². The zero-order valence-electron chi connectivity index (χ0n) is 5.36. The lowest BCUT2D eigenvalue weighted by Crippen LogP contribution is -2.14. The molecule has 1 unspecified atom stereocenters. The van der Waals surface area contributed by atoms with E-state index in [0.717, 1.165) is 0 Å². The molecular formula is C6H6ClIO2. The Morgan fingerprint density at radius 2 is 2.50 bits per heavy atom. The summed E-state index contributed by atoms with van der Waals surface area (Å²) in [5.41, 5.74) is 0. The van der Waals surface area contributed by atoms with Crippen LogP contribution in [-0.2, 0) is 9.53 Å². The molecule has 0 N–H and O–H groups in total. The maximum Gasteiger partial charge on any atom is 0.324 e. The average molecular weight is 272 g/mol. The molecule has 0 aliphatic rings. The Morgan fingerprint density at radius 1 is 1.90 bits per heavy atom. The molecule has 0 aromatic rings. The number of esters is 1. The van der Waals surface area contributed by atoms with Crippen LogP contribution in [-0.4, -0.2) is 18.0 Å². The topological polar surface area (TPSA) is 26.3 Å². The minimum Gasteiger partial charge on any atom is -0.451 e. The van der Waals surface area contributed by atoms with Crippen molar-refractivity contribution in [3.63, 3.8) is 0 Å². The van der Waals surface area contributed by atoms with Crippen LogP contribution in [0, 0.1) is 9.85 Å². The van der Waals surface area contributed by atoms with E-state index in [0.29, 0.717) is 0 Å². The smallest absolute Gasteiger partial charge is 0.324 e. The fourth-order valence-corrected chi connectivity index (χ4v) is 0.468. The molecule has 0 spiro atoms. The van der Waals surface area contributed by atoms with Gasteiger partial charge in [-0.3, -0.25) is 4.79 Å². The molecular weight excluding hydrogens is 266 g/mol. The maximum absolute atomic E-state index is 10.6. The molecule has 0 aliphatic carbocycles. The first-order chi connectivity index (χ1) is 4.68. The summed E-state index contributed by atoms with van der Waals surface area (Å²) in [4.78, 5) is 10.6. The van der Waals surface area contributed by atoms with Gasteiger partial charge in [0.1, 0.15) is 5.38 Å². The SMILES string of the molecule is CC(Cl)C(=O)OCC#CI. The molecule has 0 aromatic heterocycles. The van der Waals surface area contributed by atoms with Crippen LogP contribution in [0.15, 0.2) is 0 Å². The predicted molar refractivity (Wildman–Crippen MR) is 48.1 cm³/mol. The molecule has 0 aromatic carbocycles. The molecule has 0 radical (unpaired) electrons. The lowest BCUT2D eigenvalue weighted by atomic mass is 10.5. The third-order valence-corrected chi connectivity index (χ3v) is 1.24. The van der Waals surface area contributed by atoms with Crippen molar-refractivity contribution < 1.29 is 9.53 Å². The van der Waals surface area contributed by atoms with Gasteiger partial charge in [0.2, 0.25) is 0 Å². The molecule has 0 saturated carbocycles. The molecule has 0 fully saturated rings. The number of hydrogen-bond acceptors (Lipinski definition) is 2. The summed E-state index contributed by atoms with van der Waals surface area (Å²) in [5.74, 6) is 2.14. The van der Waals surface area contributed by atoms with Crippen molar-refractivity contribution in [1.29, 1.82) is 0 Å². The van der Waals surface area contributed by atoms with Crippen molar-refractivity contribution in [2.24, 2.45) is 0 Å². The van der Waals surface area contributed by atoms with E-state index in [1.54, 1.807) is 6.92 Å². The van der Waals surface area contributed by atoms with Crippen molar-refractivity contribution in [3.05, 3.63) is 0 Å². The van der Waals surface area contributed by atoms with Gasteiger partial charge in [0.15, 0.2) is 6.61 Å². The zero-order valence-corrected chi connectivity index (χ0v) is 8.27. The van der Waals surface area contributed by atoms with Crippen LogP contribution >= 0.6 is 34.2 Å². The molecule has 2 nitrogen and oxygen atoms in total. The molecule has 0 rings (SSSR count). The van der Waals surface area contributed by atoms with Gasteiger partial charge in [0, 0.05) is 22.6 Å². The molecule has 1 atom stereocenters. The highest BCUT2D eigenvalue weighted by Crippen LogP contribution is 1.95. The monoisotopic (exact) mass is 272 g/mol. The third-order valence-electron chi connectivity index (χ3n) is 0.678. The second-order valence-corrected chi connectivity index (χ2v) is 2.69. The third kappa shape index (κ3) is 4.89. The Morgan fingerprint density at radius 3 is 2.90 bits per heavy atom. The lowest BCUT2D eigenvalue weighted by molar-refractivity contribution is -0.141. The Balaban J connectivity index is 3.47. The second-order valence-electron chi connectivity index (χ2n) is 1.49. The average Bonchev–Trinajstić information content (AvgIpc) is 1.88. The van der Waals surface area contributed by atoms with Gasteiger partial charge in [-0.25, -0.2) is 0 Å². The fourth-order valence-electron chi connectivity index (χ4n) is 0.249. The highest BCUT2D eigenvalue weighted by molar-refractivity contribution is 14.1. The number of carbonyl (C=O) groups excluding carboxylic acids is 1. The van der Waals surface area contributed by atoms with E-state index < -0.39 is 11.3 Å². The molecule has 56 valence electrons. The molecule has 0 amide bonds. The number of carbonyl (C=O) groups is 1. The normalized spacial score (nSPS) is 11.1. The highest BCUT2D eigenvalue weighted by Gasteiger charge is 2.08. The second kappa shape index (κ2) is 5.81. The van der Waals surface area contributed by atoms with E-state index in [9.17, 15) is 4.79 Å². The van der Waals surface area contributed by atoms with Gasteiger partial charge >= 0.3 is 5.97 Å². The van der Waals surface area contributed by atoms with Gasteiger partial charge in [-0.1, -0.05) is 5.92 Å². The van der Waals surface area contributed by atoms with Crippen LogP contribution < -0.4 is 0 Å². The maximum atomic E-state index is 10.6. The highest BCUT2D eigenvalue weighted by atomic mass is 127. The Hall–Kier alpha value is 0.0500. The lowest BCUT2D eigenvalue weighted by Gasteiger charge is -1.99. The summed E-state index contributed by atoms with van der Waals surface area (Å²) in [6.07, 6.45) is 0. The van der Waals surface area contributed by atoms with Crippen molar-refractivity contribution in [1.82, 2.24) is 0 Å². The van der Waals surface area contributed by atoms with Crippen LogP contribution in [0.2, 0.25) is 0 Å². The number of rotatable bonds is 2. The van der Waals surface area contributed by atoms with E-state index in [2.05, 4.69) is 14.6 Å². The first-order valence-electron chi connectivity index (χ1n) is 2.57. The van der Waals surface area contributed by atoms with Crippen LogP contribution in [0.4, 0.5) is 0 Å². The van der Waals surface area contributed by atoms with Gasteiger partial charge in [-0.05, 0) is 10.9 Å². The predicted octanol–water partition coefficient (Wildman–Crippen LogP) is 1.55. The van der Waals surface area contributed by atoms with Gasteiger partial charge in [0.25, 0.3) is 0 Å².